The third kappa shape index (κ3) is 5.28. The van der Waals surface area contributed by atoms with Gasteiger partial charge in [0.05, 0.1) is 0 Å². The van der Waals surface area contributed by atoms with E-state index in [1.165, 1.54) is 21.6 Å². The van der Waals surface area contributed by atoms with Crippen LogP contribution in [0.15, 0.2) is 60.9 Å². The molecule has 2 heterocycles. The minimum absolute atomic E-state index is 0.441. The van der Waals surface area contributed by atoms with E-state index < -0.39 is 22.4 Å². The average Bonchev–Trinajstić information content (AvgIpc) is 3.32. The summed E-state index contributed by atoms with van der Waals surface area (Å²) >= 11 is 0. The lowest BCUT2D eigenvalue weighted by Gasteiger charge is -2.15. The van der Waals surface area contributed by atoms with Crippen molar-refractivity contribution < 1.29 is 19.8 Å². The fourth-order valence-corrected chi connectivity index (χ4v) is 7.12. The fraction of sp³-hybridized carbons (Fsp3) is 0.308. The van der Waals surface area contributed by atoms with E-state index in [0.717, 1.165) is 32.9 Å². The summed E-state index contributed by atoms with van der Waals surface area (Å²) in [5.41, 5.74) is 4.46. The summed E-state index contributed by atoms with van der Waals surface area (Å²) in [6.45, 7) is 0. The van der Waals surface area contributed by atoms with Crippen molar-refractivity contribution in [3.05, 3.63) is 72.1 Å². The largest absolute Gasteiger partial charge is 0.480 e. The van der Waals surface area contributed by atoms with Gasteiger partial charge >= 0.3 is 11.9 Å². The lowest BCUT2D eigenvalue weighted by Crippen LogP contribution is -2.20. The number of aromatic nitrogens is 2. The van der Waals surface area contributed by atoms with E-state index in [-0.39, 0.29) is 0 Å². The maximum Gasteiger partial charge on any atom is 0.317 e. The molecule has 34 heavy (non-hydrogen) atoms. The molecule has 0 radical (unpaired) electrons. The molecule has 178 valence electrons. The number of aryl methyl sites for hydroxylation is 4. The van der Waals surface area contributed by atoms with Gasteiger partial charge in [-0.15, -0.1) is 0 Å². The van der Waals surface area contributed by atoms with Gasteiger partial charge in [0.15, 0.2) is 0 Å². The van der Waals surface area contributed by atoms with Crippen LogP contribution in [0.1, 0.15) is 24.0 Å². The number of hydrogen-bond donors (Lipinski definition) is 2. The normalized spacial score (nSPS) is 13.4. The van der Waals surface area contributed by atoms with Gasteiger partial charge in [0, 0.05) is 48.3 Å². The van der Waals surface area contributed by atoms with Crippen molar-refractivity contribution >= 4 is 55.3 Å². The van der Waals surface area contributed by atoms with Gasteiger partial charge in [0.2, 0.25) is 0 Å². The number of carboxylic acid groups (broad SMARTS) is 2. The molecule has 0 fully saturated rings. The minimum atomic E-state index is -0.907. The van der Waals surface area contributed by atoms with Crippen LogP contribution < -0.4 is 0 Å². The SMILES string of the molecule is Cn1cc(CCC(SSC(CCc2cn(C)c3ccccc23)C(=O)O)C(=O)O)c2ccccc21. The summed E-state index contributed by atoms with van der Waals surface area (Å²) < 4.78 is 4.10. The van der Waals surface area contributed by atoms with Crippen LogP contribution in [-0.4, -0.2) is 41.8 Å². The van der Waals surface area contributed by atoms with Crippen LogP contribution >= 0.6 is 21.6 Å². The molecule has 2 unspecified atom stereocenters. The lowest BCUT2D eigenvalue weighted by molar-refractivity contribution is -0.137. The Labute approximate surface area is 206 Å². The molecule has 0 aliphatic carbocycles. The van der Waals surface area contributed by atoms with Crippen LogP contribution in [0.5, 0.6) is 0 Å². The topological polar surface area (TPSA) is 84.5 Å². The second-order valence-corrected chi connectivity index (χ2v) is 11.2. The van der Waals surface area contributed by atoms with E-state index in [9.17, 15) is 19.8 Å². The highest BCUT2D eigenvalue weighted by atomic mass is 33.1. The molecule has 0 amide bonds. The fourth-order valence-electron chi connectivity index (χ4n) is 4.38. The smallest absolute Gasteiger partial charge is 0.317 e. The van der Waals surface area contributed by atoms with Gasteiger partial charge in [-0.1, -0.05) is 58.0 Å². The second kappa shape index (κ2) is 10.6. The quantitative estimate of drug-likeness (QED) is 0.266. The maximum absolute atomic E-state index is 11.9. The Balaban J connectivity index is 1.38. The van der Waals surface area contributed by atoms with Crippen molar-refractivity contribution in [2.75, 3.05) is 0 Å². The molecule has 0 bridgehead atoms. The molecular formula is C26H28N2O4S2. The Morgan fingerprint density at radius 2 is 1.12 bits per heavy atom. The van der Waals surface area contributed by atoms with Gasteiger partial charge in [0.25, 0.3) is 0 Å². The molecule has 8 heteroatoms. The molecule has 0 aliphatic heterocycles. The first-order chi connectivity index (χ1) is 16.3. The summed E-state index contributed by atoms with van der Waals surface area (Å²) in [5.74, 6) is -1.81. The molecule has 0 saturated heterocycles. The molecule has 2 aromatic heterocycles. The zero-order valence-corrected chi connectivity index (χ0v) is 20.8. The first kappa shape index (κ1) is 24.3. The van der Waals surface area contributed by atoms with Gasteiger partial charge in [-0.2, -0.15) is 0 Å². The first-order valence-corrected chi connectivity index (χ1v) is 13.5. The van der Waals surface area contributed by atoms with Gasteiger partial charge in [0.1, 0.15) is 10.5 Å². The van der Waals surface area contributed by atoms with Gasteiger partial charge < -0.3 is 19.3 Å². The number of aliphatic carboxylic acids is 2. The number of fused-ring (bicyclic) bond motifs is 2. The summed E-state index contributed by atoms with van der Waals surface area (Å²) in [6.07, 6.45) is 6.23. The van der Waals surface area contributed by atoms with Crippen LogP contribution in [0.4, 0.5) is 0 Å². The summed E-state index contributed by atoms with van der Waals surface area (Å²) in [4.78, 5) is 23.8. The Hall–Kier alpha value is -2.84. The minimum Gasteiger partial charge on any atom is -0.480 e. The van der Waals surface area contributed by atoms with Gasteiger partial charge in [-0.25, -0.2) is 0 Å². The van der Waals surface area contributed by atoms with E-state index in [0.29, 0.717) is 25.7 Å². The number of rotatable bonds is 11. The number of benzene rings is 2. The number of nitrogens with zero attached hydrogens (tertiary/aromatic N) is 2. The molecule has 6 nitrogen and oxygen atoms in total. The van der Waals surface area contributed by atoms with Crippen molar-refractivity contribution in [1.29, 1.82) is 0 Å². The predicted octanol–water partition coefficient (Wildman–Crippen LogP) is 5.52. The van der Waals surface area contributed by atoms with Crippen LogP contribution in [0.2, 0.25) is 0 Å². The number of hydrogen-bond acceptors (Lipinski definition) is 4. The predicted molar refractivity (Wildman–Crippen MR) is 141 cm³/mol. The van der Waals surface area contributed by atoms with Crippen molar-refractivity contribution in [3.8, 4) is 0 Å². The lowest BCUT2D eigenvalue weighted by atomic mass is 10.1. The van der Waals surface area contributed by atoms with E-state index in [1.807, 2.05) is 62.9 Å². The van der Waals surface area contributed by atoms with Crippen molar-refractivity contribution in [3.63, 3.8) is 0 Å². The molecule has 0 saturated carbocycles. The van der Waals surface area contributed by atoms with Crippen LogP contribution in [-0.2, 0) is 36.5 Å². The second-order valence-electron chi connectivity index (χ2n) is 8.49. The molecule has 2 N–H and O–H groups in total. The average molecular weight is 497 g/mol. The van der Waals surface area contributed by atoms with Crippen molar-refractivity contribution in [2.45, 2.75) is 36.2 Å². The number of para-hydroxylation sites is 2. The highest BCUT2D eigenvalue weighted by Gasteiger charge is 2.25. The maximum atomic E-state index is 11.9. The Kier molecular flexibility index (Phi) is 7.58. The summed E-state index contributed by atoms with van der Waals surface area (Å²) in [5, 5.41) is 20.4. The first-order valence-electron chi connectivity index (χ1n) is 11.2. The Morgan fingerprint density at radius 1 is 0.735 bits per heavy atom. The third-order valence-electron chi connectivity index (χ3n) is 6.15. The van der Waals surface area contributed by atoms with Crippen LogP contribution in [0.3, 0.4) is 0 Å². The molecule has 2 aromatic carbocycles. The summed E-state index contributed by atoms with van der Waals surface area (Å²) in [6, 6.07) is 16.1. The molecule has 4 rings (SSSR count). The van der Waals surface area contributed by atoms with Crippen LogP contribution in [0, 0.1) is 0 Å². The van der Waals surface area contributed by atoms with Crippen molar-refractivity contribution in [1.82, 2.24) is 9.13 Å². The van der Waals surface area contributed by atoms with E-state index in [1.54, 1.807) is 0 Å². The highest BCUT2D eigenvalue weighted by Crippen LogP contribution is 2.36. The Morgan fingerprint density at radius 3 is 1.50 bits per heavy atom. The third-order valence-corrected chi connectivity index (χ3v) is 9.33. The van der Waals surface area contributed by atoms with Crippen LogP contribution in [0.25, 0.3) is 21.8 Å². The van der Waals surface area contributed by atoms with Crippen molar-refractivity contribution in [2.24, 2.45) is 14.1 Å². The van der Waals surface area contributed by atoms with E-state index >= 15 is 0 Å². The molecule has 2 atom stereocenters. The molecular weight excluding hydrogens is 468 g/mol. The van der Waals surface area contributed by atoms with Gasteiger partial charge in [-0.05, 0) is 48.9 Å². The Bertz CT molecular complexity index is 1230. The zero-order chi connectivity index (χ0) is 24.2. The number of carboxylic acids is 2. The molecule has 4 aromatic rings. The number of carbonyl (C=O) groups is 2. The monoisotopic (exact) mass is 496 g/mol. The highest BCUT2D eigenvalue weighted by molar-refractivity contribution is 8.77. The molecule has 0 spiro atoms. The molecule has 0 aliphatic rings. The zero-order valence-electron chi connectivity index (χ0n) is 19.2. The van der Waals surface area contributed by atoms with E-state index in [4.69, 9.17) is 0 Å². The van der Waals surface area contributed by atoms with E-state index in [2.05, 4.69) is 21.3 Å². The summed E-state index contributed by atoms with van der Waals surface area (Å²) in [7, 11) is 6.30. The van der Waals surface area contributed by atoms with Gasteiger partial charge in [-0.3, -0.25) is 9.59 Å². The standard InChI is InChI=1S/C26H28N2O4S2/c1-27-15-17(19-7-3-5-9-21(19)27)11-13-23(25(29)30)33-34-24(26(31)32)14-12-18-16-28(2)22-10-6-4-8-20(18)22/h3-10,15-16,23-24H,11-14H2,1-2H3,(H,29,30)(H,31,32).